The molecular weight excluding hydrogens is 254 g/mol. The van der Waals surface area contributed by atoms with Crippen molar-refractivity contribution in [1.29, 1.82) is 0 Å². The van der Waals surface area contributed by atoms with Gasteiger partial charge in [0.25, 0.3) is 0 Å². The van der Waals surface area contributed by atoms with Crippen molar-refractivity contribution in [1.82, 2.24) is 25.1 Å². The van der Waals surface area contributed by atoms with E-state index in [1.807, 2.05) is 4.68 Å². The highest BCUT2D eigenvalue weighted by Gasteiger charge is 2.43. The van der Waals surface area contributed by atoms with Crippen LogP contribution >= 0.6 is 0 Å². The van der Waals surface area contributed by atoms with Gasteiger partial charge in [0.05, 0.1) is 18.7 Å². The van der Waals surface area contributed by atoms with Gasteiger partial charge in [0.2, 0.25) is 0 Å². The van der Waals surface area contributed by atoms with E-state index in [1.165, 1.54) is 38.5 Å². The van der Waals surface area contributed by atoms with Gasteiger partial charge in [-0.1, -0.05) is 12.8 Å². The summed E-state index contributed by atoms with van der Waals surface area (Å²) in [5.41, 5.74) is 0. The monoisotopic (exact) mass is 277 g/mol. The lowest BCUT2D eigenvalue weighted by Gasteiger charge is -2.34. The van der Waals surface area contributed by atoms with E-state index in [0.717, 1.165) is 18.7 Å². The lowest BCUT2D eigenvalue weighted by molar-refractivity contribution is 0.0819. The molecule has 3 aliphatic rings. The maximum atomic E-state index is 9.70. The van der Waals surface area contributed by atoms with E-state index in [9.17, 15) is 5.11 Å². The average molecular weight is 277 g/mol. The fourth-order valence-electron chi connectivity index (χ4n) is 4.10. The van der Waals surface area contributed by atoms with Crippen LogP contribution in [-0.4, -0.2) is 48.9 Å². The lowest BCUT2D eigenvalue weighted by atomic mass is 10.1. The minimum absolute atomic E-state index is 0.262. The molecule has 0 radical (unpaired) electrons. The minimum Gasteiger partial charge on any atom is -0.395 e. The van der Waals surface area contributed by atoms with Gasteiger partial charge >= 0.3 is 0 Å². The van der Waals surface area contributed by atoms with Crippen LogP contribution < -0.4 is 0 Å². The number of aliphatic hydroxyl groups is 1. The topological polar surface area (TPSA) is 67.1 Å². The summed E-state index contributed by atoms with van der Waals surface area (Å²) in [5.74, 6) is 1.04. The Labute approximate surface area is 119 Å². The molecular formula is C14H23N5O. The second-order valence-corrected chi connectivity index (χ2v) is 6.53. The van der Waals surface area contributed by atoms with E-state index in [-0.39, 0.29) is 6.61 Å². The van der Waals surface area contributed by atoms with Gasteiger partial charge in [-0.05, 0) is 49.0 Å². The Hall–Kier alpha value is -1.01. The standard InChI is InChI=1S/C14H23N5O/c20-9-12-7-8-13(18(12)10-3-1-2-4-10)14-15-16-17-19(14)11-5-6-11/h10-13,20H,1-9H2/t12-,13-/m0/s1. The maximum Gasteiger partial charge on any atom is 0.168 e. The summed E-state index contributed by atoms with van der Waals surface area (Å²) < 4.78 is 2.05. The first-order valence-corrected chi connectivity index (χ1v) is 8.04. The number of tetrazole rings is 1. The van der Waals surface area contributed by atoms with Crippen molar-refractivity contribution in [2.45, 2.75) is 75.5 Å². The number of hydrogen-bond donors (Lipinski definition) is 1. The van der Waals surface area contributed by atoms with Crippen LogP contribution in [0.15, 0.2) is 0 Å². The predicted octanol–water partition coefficient (Wildman–Crippen LogP) is 1.45. The largest absolute Gasteiger partial charge is 0.395 e. The molecule has 0 unspecified atom stereocenters. The van der Waals surface area contributed by atoms with E-state index in [4.69, 9.17) is 0 Å². The quantitative estimate of drug-likeness (QED) is 0.902. The summed E-state index contributed by atoms with van der Waals surface area (Å²) in [7, 11) is 0. The van der Waals surface area contributed by atoms with E-state index in [1.54, 1.807) is 0 Å². The molecule has 1 saturated heterocycles. The zero-order valence-corrected chi connectivity index (χ0v) is 11.9. The summed E-state index contributed by atoms with van der Waals surface area (Å²) in [6, 6.07) is 1.75. The first-order chi connectivity index (χ1) is 9.88. The van der Waals surface area contributed by atoms with Crippen LogP contribution in [0.3, 0.4) is 0 Å². The molecule has 2 atom stereocenters. The third-order valence-electron chi connectivity index (χ3n) is 5.22. The normalized spacial score (nSPS) is 32.2. The third kappa shape index (κ3) is 2.05. The molecule has 2 saturated carbocycles. The Kier molecular flexibility index (Phi) is 3.22. The first-order valence-electron chi connectivity index (χ1n) is 8.04. The third-order valence-corrected chi connectivity index (χ3v) is 5.22. The van der Waals surface area contributed by atoms with Crippen molar-refractivity contribution in [3.63, 3.8) is 0 Å². The van der Waals surface area contributed by atoms with E-state index in [0.29, 0.717) is 24.2 Å². The van der Waals surface area contributed by atoms with Gasteiger partial charge in [0.1, 0.15) is 0 Å². The highest BCUT2D eigenvalue weighted by Crippen LogP contribution is 2.43. The zero-order valence-electron chi connectivity index (χ0n) is 11.9. The Balaban J connectivity index is 1.63. The van der Waals surface area contributed by atoms with Gasteiger partial charge < -0.3 is 5.11 Å². The Morgan fingerprint density at radius 3 is 2.50 bits per heavy atom. The van der Waals surface area contributed by atoms with E-state index in [2.05, 4.69) is 20.4 Å². The average Bonchev–Trinajstić information content (AvgIpc) is 2.93. The molecule has 0 aromatic carbocycles. The number of nitrogens with zero attached hydrogens (tertiary/aromatic N) is 5. The van der Waals surface area contributed by atoms with Crippen LogP contribution in [0.2, 0.25) is 0 Å². The number of likely N-dealkylation sites (tertiary alicyclic amines) is 1. The van der Waals surface area contributed by atoms with Crippen LogP contribution in [0.4, 0.5) is 0 Å². The molecule has 4 rings (SSSR count). The molecule has 3 fully saturated rings. The minimum atomic E-state index is 0.262. The highest BCUT2D eigenvalue weighted by atomic mass is 16.3. The van der Waals surface area contributed by atoms with Gasteiger partial charge in [-0.2, -0.15) is 0 Å². The Morgan fingerprint density at radius 2 is 1.80 bits per heavy atom. The molecule has 1 aromatic rings. The lowest BCUT2D eigenvalue weighted by Crippen LogP contribution is -2.41. The SMILES string of the molecule is OC[C@@H]1CC[C@@H](c2nnnn2C2CC2)N1C1CCCC1. The fraction of sp³-hybridized carbons (Fsp3) is 0.929. The van der Waals surface area contributed by atoms with Crippen LogP contribution in [0.25, 0.3) is 0 Å². The van der Waals surface area contributed by atoms with Crippen LogP contribution in [0.5, 0.6) is 0 Å². The van der Waals surface area contributed by atoms with Crippen LogP contribution in [-0.2, 0) is 0 Å². The van der Waals surface area contributed by atoms with Gasteiger partial charge in [0.15, 0.2) is 5.82 Å². The smallest absolute Gasteiger partial charge is 0.168 e. The van der Waals surface area contributed by atoms with Gasteiger partial charge in [-0.25, -0.2) is 4.68 Å². The maximum absolute atomic E-state index is 9.70. The second-order valence-electron chi connectivity index (χ2n) is 6.53. The zero-order chi connectivity index (χ0) is 13.5. The van der Waals surface area contributed by atoms with Crippen molar-refractivity contribution in [2.24, 2.45) is 0 Å². The number of hydrogen-bond acceptors (Lipinski definition) is 5. The molecule has 2 aliphatic carbocycles. The molecule has 1 aromatic heterocycles. The van der Waals surface area contributed by atoms with Gasteiger partial charge in [-0.15, -0.1) is 5.10 Å². The van der Waals surface area contributed by atoms with E-state index >= 15 is 0 Å². The summed E-state index contributed by atoms with van der Waals surface area (Å²) in [6.07, 6.45) is 9.72. The van der Waals surface area contributed by atoms with Crippen LogP contribution in [0.1, 0.15) is 69.3 Å². The summed E-state index contributed by atoms with van der Waals surface area (Å²) >= 11 is 0. The molecule has 1 N–H and O–H groups in total. The number of rotatable bonds is 4. The van der Waals surface area contributed by atoms with Crippen molar-refractivity contribution in [3.05, 3.63) is 5.82 Å². The van der Waals surface area contributed by atoms with E-state index < -0.39 is 0 Å². The summed E-state index contributed by atoms with van der Waals surface area (Å²) in [5, 5.41) is 22.1. The van der Waals surface area contributed by atoms with Crippen LogP contribution in [0, 0.1) is 0 Å². The molecule has 0 spiro atoms. The Morgan fingerprint density at radius 1 is 1.00 bits per heavy atom. The van der Waals surface area contributed by atoms with Crippen molar-refractivity contribution < 1.29 is 5.11 Å². The molecule has 0 amide bonds. The number of aromatic nitrogens is 4. The number of aliphatic hydroxyl groups excluding tert-OH is 1. The van der Waals surface area contributed by atoms with Crippen molar-refractivity contribution in [2.75, 3.05) is 6.61 Å². The molecule has 1 aliphatic heterocycles. The molecule has 110 valence electrons. The van der Waals surface area contributed by atoms with Gasteiger partial charge in [0, 0.05) is 12.1 Å². The Bertz CT molecular complexity index is 466. The fourth-order valence-corrected chi connectivity index (χ4v) is 4.10. The second kappa shape index (κ2) is 5.07. The first kappa shape index (κ1) is 12.7. The summed E-state index contributed by atoms with van der Waals surface area (Å²) in [6.45, 7) is 0.262. The predicted molar refractivity (Wildman–Crippen MR) is 73.0 cm³/mol. The molecule has 2 heterocycles. The molecule has 6 nitrogen and oxygen atoms in total. The summed E-state index contributed by atoms with van der Waals surface area (Å²) in [4.78, 5) is 2.54. The highest BCUT2D eigenvalue weighted by molar-refractivity contribution is 5.05. The molecule has 0 bridgehead atoms. The molecule has 20 heavy (non-hydrogen) atoms. The molecule has 6 heteroatoms. The van der Waals surface area contributed by atoms with Crippen molar-refractivity contribution in [3.8, 4) is 0 Å². The van der Waals surface area contributed by atoms with Crippen molar-refractivity contribution >= 4 is 0 Å². The van der Waals surface area contributed by atoms with Gasteiger partial charge in [-0.3, -0.25) is 4.90 Å².